The van der Waals surface area contributed by atoms with Crippen LogP contribution < -0.4 is 10.6 Å². The number of halogens is 1. The van der Waals surface area contributed by atoms with E-state index in [0.29, 0.717) is 23.3 Å². The topological polar surface area (TPSA) is 63.2 Å². The van der Waals surface area contributed by atoms with Gasteiger partial charge < -0.3 is 15.4 Å². The molecule has 0 bridgehead atoms. The minimum absolute atomic E-state index is 0.216. The zero-order valence-electron chi connectivity index (χ0n) is 12.3. The summed E-state index contributed by atoms with van der Waals surface area (Å²) in [5, 5.41) is 6.46. The number of rotatable bonds is 6. The Morgan fingerprint density at radius 2 is 2.19 bits per heavy atom. The summed E-state index contributed by atoms with van der Waals surface area (Å²) in [5.74, 6) is 0.937. The van der Waals surface area contributed by atoms with Gasteiger partial charge in [-0.25, -0.2) is 4.98 Å². The molecule has 1 amide bonds. The number of nitrogens with zero attached hydrogens (tertiary/aromatic N) is 1. The van der Waals surface area contributed by atoms with E-state index in [0.717, 1.165) is 39.0 Å². The van der Waals surface area contributed by atoms with Crippen LogP contribution in [0.4, 0.5) is 5.82 Å². The van der Waals surface area contributed by atoms with Crippen LogP contribution in [0, 0.1) is 5.92 Å². The Morgan fingerprint density at radius 3 is 2.90 bits per heavy atom. The van der Waals surface area contributed by atoms with Crippen LogP contribution in [0.1, 0.15) is 36.7 Å². The van der Waals surface area contributed by atoms with E-state index >= 15 is 0 Å². The second kappa shape index (κ2) is 8.20. The summed E-state index contributed by atoms with van der Waals surface area (Å²) < 4.78 is 5.31. The maximum atomic E-state index is 12.2. The van der Waals surface area contributed by atoms with Crippen molar-refractivity contribution >= 4 is 23.3 Å². The summed E-state index contributed by atoms with van der Waals surface area (Å²) in [4.78, 5) is 16.5. The molecule has 0 saturated carbocycles. The van der Waals surface area contributed by atoms with E-state index in [2.05, 4.69) is 22.5 Å². The Labute approximate surface area is 130 Å². The van der Waals surface area contributed by atoms with Gasteiger partial charge in [0.15, 0.2) is 0 Å². The molecule has 1 aromatic heterocycles. The summed E-state index contributed by atoms with van der Waals surface area (Å²) in [6, 6.07) is 3.49. The van der Waals surface area contributed by atoms with Gasteiger partial charge in [0, 0.05) is 26.3 Å². The number of carbonyl (C=O) groups is 1. The number of nitrogens with one attached hydrogen (secondary N) is 2. The fourth-order valence-electron chi connectivity index (χ4n) is 2.22. The van der Waals surface area contributed by atoms with Crippen molar-refractivity contribution in [2.24, 2.45) is 5.92 Å². The minimum Gasteiger partial charge on any atom is -0.381 e. The number of hydrogen-bond donors (Lipinski definition) is 2. The molecule has 116 valence electrons. The van der Waals surface area contributed by atoms with Gasteiger partial charge in [-0.15, -0.1) is 0 Å². The molecule has 1 aliphatic heterocycles. The lowest BCUT2D eigenvalue weighted by molar-refractivity contribution is 0.0642. The fraction of sp³-hybridized carbons (Fsp3) is 0.600. The number of aromatic nitrogens is 1. The molecule has 1 fully saturated rings. The maximum absolute atomic E-state index is 12.2. The third-order valence-electron chi connectivity index (χ3n) is 3.51. The third-order valence-corrected chi connectivity index (χ3v) is 3.81. The van der Waals surface area contributed by atoms with Gasteiger partial charge in [-0.2, -0.15) is 0 Å². The summed E-state index contributed by atoms with van der Waals surface area (Å²) in [6.07, 6.45) is 2.97. The standard InChI is InChI=1S/C15H22ClN3O2/c1-2-7-17-13-4-3-12(16)14(19-13)15(20)18-10-11-5-8-21-9-6-11/h3-4,11H,2,5-10H2,1H3,(H,17,19)(H,18,20). The summed E-state index contributed by atoms with van der Waals surface area (Å²) >= 11 is 6.08. The van der Waals surface area contributed by atoms with E-state index in [4.69, 9.17) is 16.3 Å². The molecule has 1 aromatic rings. The predicted molar refractivity (Wildman–Crippen MR) is 83.9 cm³/mol. The van der Waals surface area contributed by atoms with Crippen LogP contribution in [0.3, 0.4) is 0 Å². The van der Waals surface area contributed by atoms with Crippen LogP contribution in [0.25, 0.3) is 0 Å². The van der Waals surface area contributed by atoms with E-state index < -0.39 is 0 Å². The van der Waals surface area contributed by atoms with Crippen molar-refractivity contribution in [1.29, 1.82) is 0 Å². The number of pyridine rings is 1. The molecule has 21 heavy (non-hydrogen) atoms. The molecule has 1 saturated heterocycles. The Hall–Kier alpha value is -1.33. The maximum Gasteiger partial charge on any atom is 0.271 e. The lowest BCUT2D eigenvalue weighted by Crippen LogP contribution is -2.32. The average molecular weight is 312 g/mol. The van der Waals surface area contributed by atoms with Gasteiger partial charge in [0.1, 0.15) is 11.5 Å². The molecule has 0 aliphatic carbocycles. The van der Waals surface area contributed by atoms with Crippen molar-refractivity contribution in [1.82, 2.24) is 10.3 Å². The molecule has 0 radical (unpaired) electrons. The van der Waals surface area contributed by atoms with E-state index in [1.54, 1.807) is 12.1 Å². The average Bonchev–Trinajstić information content (AvgIpc) is 2.53. The first-order valence-electron chi connectivity index (χ1n) is 7.47. The summed E-state index contributed by atoms with van der Waals surface area (Å²) in [7, 11) is 0. The highest BCUT2D eigenvalue weighted by molar-refractivity contribution is 6.33. The molecule has 0 spiro atoms. The van der Waals surface area contributed by atoms with E-state index in [1.165, 1.54) is 0 Å². The van der Waals surface area contributed by atoms with Gasteiger partial charge in [0.25, 0.3) is 5.91 Å². The lowest BCUT2D eigenvalue weighted by Gasteiger charge is -2.22. The Morgan fingerprint density at radius 1 is 1.43 bits per heavy atom. The highest BCUT2D eigenvalue weighted by Crippen LogP contribution is 2.18. The Bertz CT molecular complexity index is 476. The van der Waals surface area contributed by atoms with E-state index in [1.807, 2.05) is 0 Å². The van der Waals surface area contributed by atoms with Gasteiger partial charge in [-0.05, 0) is 37.3 Å². The molecular weight excluding hydrogens is 290 g/mol. The molecule has 2 heterocycles. The van der Waals surface area contributed by atoms with Gasteiger partial charge in [0.2, 0.25) is 0 Å². The van der Waals surface area contributed by atoms with Gasteiger partial charge in [0.05, 0.1) is 5.02 Å². The van der Waals surface area contributed by atoms with Crippen molar-refractivity contribution in [3.63, 3.8) is 0 Å². The van der Waals surface area contributed by atoms with Crippen LogP contribution in [0.15, 0.2) is 12.1 Å². The zero-order chi connectivity index (χ0) is 15.1. The van der Waals surface area contributed by atoms with E-state index in [9.17, 15) is 4.79 Å². The number of ether oxygens (including phenoxy) is 1. The smallest absolute Gasteiger partial charge is 0.271 e. The molecule has 5 nitrogen and oxygen atoms in total. The SMILES string of the molecule is CCCNc1ccc(Cl)c(C(=O)NCC2CCOCC2)n1. The Balaban J connectivity index is 1.93. The molecule has 0 aromatic carbocycles. The van der Waals surface area contributed by atoms with Gasteiger partial charge in [-0.3, -0.25) is 4.79 Å². The lowest BCUT2D eigenvalue weighted by atomic mass is 10.0. The molecule has 0 unspecified atom stereocenters. The van der Waals surface area contributed by atoms with Crippen LogP contribution in [0.2, 0.25) is 5.02 Å². The fourth-order valence-corrected chi connectivity index (χ4v) is 2.42. The first-order valence-corrected chi connectivity index (χ1v) is 7.85. The molecule has 2 rings (SSSR count). The first kappa shape index (κ1) is 16.0. The van der Waals surface area contributed by atoms with Crippen molar-refractivity contribution in [3.8, 4) is 0 Å². The Kier molecular flexibility index (Phi) is 6.26. The van der Waals surface area contributed by atoms with Crippen LogP contribution >= 0.6 is 11.6 Å². The molecule has 1 aliphatic rings. The second-order valence-corrected chi connectivity index (χ2v) is 5.63. The van der Waals surface area contributed by atoms with Crippen molar-refractivity contribution in [2.45, 2.75) is 26.2 Å². The zero-order valence-corrected chi connectivity index (χ0v) is 13.1. The highest BCUT2D eigenvalue weighted by atomic mass is 35.5. The van der Waals surface area contributed by atoms with Crippen molar-refractivity contribution < 1.29 is 9.53 Å². The minimum atomic E-state index is -0.216. The highest BCUT2D eigenvalue weighted by Gasteiger charge is 2.17. The molecule has 6 heteroatoms. The normalized spacial score (nSPS) is 15.7. The second-order valence-electron chi connectivity index (χ2n) is 5.22. The predicted octanol–water partition coefficient (Wildman–Crippen LogP) is 2.71. The molecular formula is C15H22ClN3O2. The number of anilines is 1. The van der Waals surface area contributed by atoms with Crippen molar-refractivity contribution in [3.05, 3.63) is 22.8 Å². The van der Waals surface area contributed by atoms with E-state index in [-0.39, 0.29) is 11.6 Å². The van der Waals surface area contributed by atoms with Crippen molar-refractivity contribution in [2.75, 3.05) is 31.6 Å². The van der Waals surface area contributed by atoms with Crippen LogP contribution in [0.5, 0.6) is 0 Å². The third kappa shape index (κ3) is 4.86. The molecule has 2 N–H and O–H groups in total. The molecule has 0 atom stereocenters. The van der Waals surface area contributed by atoms with Crippen LogP contribution in [-0.4, -0.2) is 37.2 Å². The summed E-state index contributed by atoms with van der Waals surface area (Å²) in [6.45, 7) is 5.08. The number of carbonyl (C=O) groups excluding carboxylic acids is 1. The van der Waals surface area contributed by atoms with Gasteiger partial charge >= 0.3 is 0 Å². The quantitative estimate of drug-likeness (QED) is 0.848. The summed E-state index contributed by atoms with van der Waals surface area (Å²) in [5.41, 5.74) is 0.282. The number of hydrogen-bond acceptors (Lipinski definition) is 4. The van der Waals surface area contributed by atoms with Gasteiger partial charge in [-0.1, -0.05) is 18.5 Å². The largest absolute Gasteiger partial charge is 0.381 e. The van der Waals surface area contributed by atoms with Crippen LogP contribution in [-0.2, 0) is 4.74 Å². The number of amides is 1. The first-order chi connectivity index (χ1) is 10.2. The monoisotopic (exact) mass is 311 g/mol.